The van der Waals surface area contributed by atoms with Gasteiger partial charge in [-0.05, 0) is 56.1 Å². The molecule has 0 spiro atoms. The third kappa shape index (κ3) is 5.87. The summed E-state index contributed by atoms with van der Waals surface area (Å²) in [6.45, 7) is 0. The highest BCUT2D eigenvalue weighted by molar-refractivity contribution is 7.19. The summed E-state index contributed by atoms with van der Waals surface area (Å²) < 4.78 is 80.4. The highest BCUT2D eigenvalue weighted by atomic mass is 28.3. The van der Waals surface area contributed by atoms with E-state index in [0.717, 1.165) is 59.2 Å². The highest BCUT2D eigenvalue weighted by Gasteiger charge is 2.42. The maximum atomic E-state index is 10.9. The zero-order valence-electron chi connectivity index (χ0n) is 41.6. The number of nitrogens with zero attached hydrogens (tertiary/aromatic N) is 5. The lowest BCUT2D eigenvalue weighted by Crippen LogP contribution is -2.74. The van der Waals surface area contributed by atoms with Crippen LogP contribution in [0.3, 0.4) is 0 Å². The van der Waals surface area contributed by atoms with E-state index in [-0.39, 0.29) is 51.7 Å². The Balaban J connectivity index is 1.31. The summed E-state index contributed by atoms with van der Waals surface area (Å²) in [6.07, 6.45) is 0. The minimum Gasteiger partial charge on any atom is -0.278 e. The monoisotopic (exact) mass is 829 g/mol. The molecule has 6 heteroatoms. The van der Waals surface area contributed by atoms with Gasteiger partial charge in [-0.15, -0.1) is 0 Å². The van der Waals surface area contributed by atoms with E-state index in [2.05, 4.69) is 0 Å². The maximum absolute atomic E-state index is 10.9. The first kappa shape index (κ1) is 29.1. The van der Waals surface area contributed by atoms with E-state index in [9.17, 15) is 6.85 Å². The van der Waals surface area contributed by atoms with Gasteiger partial charge in [0, 0.05) is 27.1 Å². The van der Waals surface area contributed by atoms with E-state index < -0.39 is 44.3 Å². The zero-order chi connectivity index (χ0) is 48.7. The Morgan fingerprint density at radius 2 is 0.730 bits per heavy atom. The minimum atomic E-state index is -3.82. The van der Waals surface area contributed by atoms with Crippen LogP contribution in [0, 0.1) is 0 Å². The molecule has 0 unspecified atom stereocenters. The Morgan fingerprint density at radius 1 is 0.349 bits per heavy atom. The van der Waals surface area contributed by atoms with Crippen LogP contribution < -0.4 is 20.7 Å². The van der Waals surface area contributed by atoms with E-state index >= 15 is 0 Å². The van der Waals surface area contributed by atoms with Crippen LogP contribution >= 0.6 is 0 Å². The first-order chi connectivity index (χ1) is 34.6. The summed E-state index contributed by atoms with van der Waals surface area (Å²) in [5.74, 6) is 0.264. The van der Waals surface area contributed by atoms with Gasteiger partial charge < -0.3 is 0 Å². The van der Waals surface area contributed by atoms with Crippen molar-refractivity contribution in [3.05, 3.63) is 236 Å². The molecular formula is C57H39N5Si. The van der Waals surface area contributed by atoms with Crippen LogP contribution in [0.2, 0.25) is 0 Å². The predicted molar refractivity (Wildman–Crippen MR) is 263 cm³/mol. The SMILES string of the molecule is [2H]c1c([2H])c([2H])c(-c2c([2H])c([2H])c([Si](c3ccccc3)(c3ccccc3)c3ccccc3)c([2H])c2-c2nc(-n3c4ccccc4c4ccccc43)nc(-n3c4ccccc4c4ccccc43)n2)c([2H])c1[2H]. The van der Waals surface area contributed by atoms with Crippen molar-refractivity contribution in [2.45, 2.75) is 0 Å². The van der Waals surface area contributed by atoms with Crippen LogP contribution in [-0.2, 0) is 0 Å². The lowest BCUT2D eigenvalue weighted by Gasteiger charge is -2.35. The number of fused-ring (bicyclic) bond motifs is 6. The first-order valence-corrected chi connectivity index (χ1v) is 22.7. The molecule has 12 aromatic rings. The van der Waals surface area contributed by atoms with Gasteiger partial charge in [-0.2, -0.15) is 15.0 Å². The summed E-state index contributed by atoms with van der Waals surface area (Å²) in [4.78, 5) is 16.0. The summed E-state index contributed by atoms with van der Waals surface area (Å²) in [6, 6.07) is 57.1. The molecule has 0 atom stereocenters. The lowest BCUT2D eigenvalue weighted by atomic mass is 9.99. The van der Waals surface area contributed by atoms with Gasteiger partial charge in [0.05, 0.1) is 33.0 Å². The molecule has 0 fully saturated rings. The average Bonchev–Trinajstić information content (AvgIpc) is 3.94. The van der Waals surface area contributed by atoms with Crippen molar-refractivity contribution >= 4 is 72.4 Å². The molecule has 0 saturated carbocycles. The van der Waals surface area contributed by atoms with Crippen LogP contribution in [0.25, 0.3) is 78.0 Å². The summed E-state index contributed by atoms with van der Waals surface area (Å²) >= 11 is 0. The molecule has 3 aromatic heterocycles. The van der Waals surface area contributed by atoms with Crippen molar-refractivity contribution in [3.8, 4) is 34.4 Å². The molecule has 296 valence electrons. The van der Waals surface area contributed by atoms with Gasteiger partial charge in [-0.25, -0.2) is 0 Å². The van der Waals surface area contributed by atoms with Crippen molar-refractivity contribution in [1.82, 2.24) is 24.1 Å². The fraction of sp³-hybridized carbons (Fsp3) is 0. The lowest BCUT2D eigenvalue weighted by molar-refractivity contribution is 0.893. The molecule has 0 aliphatic heterocycles. The van der Waals surface area contributed by atoms with Gasteiger partial charge in [-0.1, -0.05) is 212 Å². The molecule has 3 heterocycles. The Labute approximate surface area is 377 Å². The standard InChI is InChI=1S/C57H39N5Si/c1-5-21-40(22-6-1)45-38-37-44(63(41-23-7-2-8-24-41,42-25-9-3-10-26-42)43-27-11-4-12-28-43)39-50(45)55-58-56(61-51-33-17-13-29-46(51)47-30-14-18-34-52(47)61)60-57(59-55)62-53-35-19-15-31-48(53)49-32-16-20-36-54(49)62/h1-39H/i1D,5D,6D,21D,22D,37D,38D,39D. The molecule has 63 heavy (non-hydrogen) atoms. The van der Waals surface area contributed by atoms with Gasteiger partial charge >= 0.3 is 0 Å². The summed E-state index contributed by atoms with van der Waals surface area (Å²) in [5, 5.41) is 6.56. The second-order valence-electron chi connectivity index (χ2n) is 15.3. The Hall–Kier alpha value is -8.19. The highest BCUT2D eigenvalue weighted by Crippen LogP contribution is 2.36. The Kier molecular flexibility index (Phi) is 6.96. The van der Waals surface area contributed by atoms with Gasteiger partial charge in [0.1, 0.15) is 0 Å². The van der Waals surface area contributed by atoms with Crippen LogP contribution in [0.5, 0.6) is 0 Å². The fourth-order valence-corrected chi connectivity index (χ4v) is 13.8. The Bertz CT molecular complexity index is 3740. The van der Waals surface area contributed by atoms with Crippen molar-refractivity contribution < 1.29 is 11.0 Å². The molecule has 0 radical (unpaired) electrons. The second-order valence-corrected chi connectivity index (χ2v) is 19.1. The normalized spacial score (nSPS) is 13.6. The predicted octanol–water partition coefficient (Wildman–Crippen LogP) is 10.8. The molecule has 0 N–H and O–H groups in total. The molecule has 0 aliphatic rings. The van der Waals surface area contributed by atoms with Crippen LogP contribution in [-0.4, -0.2) is 32.2 Å². The number of para-hydroxylation sites is 4. The summed E-state index contributed by atoms with van der Waals surface area (Å²) in [7, 11) is -3.82. The number of rotatable bonds is 8. The smallest absolute Gasteiger partial charge is 0.240 e. The average molecular weight is 830 g/mol. The van der Waals surface area contributed by atoms with E-state index in [1.165, 1.54) is 0 Å². The molecular weight excluding hydrogens is 783 g/mol. The quantitative estimate of drug-likeness (QED) is 0.113. The zero-order valence-corrected chi connectivity index (χ0v) is 34.6. The molecule has 5 nitrogen and oxygen atoms in total. The number of hydrogen-bond donors (Lipinski definition) is 0. The fourth-order valence-electron chi connectivity index (χ4n) is 9.26. The van der Waals surface area contributed by atoms with E-state index in [1.807, 2.05) is 197 Å². The topological polar surface area (TPSA) is 48.5 Å². The molecule has 0 amide bonds. The molecule has 0 bridgehead atoms. The van der Waals surface area contributed by atoms with Crippen LogP contribution in [0.4, 0.5) is 0 Å². The largest absolute Gasteiger partial charge is 0.278 e. The van der Waals surface area contributed by atoms with Crippen LogP contribution in [0.1, 0.15) is 11.0 Å². The third-order valence-corrected chi connectivity index (χ3v) is 16.6. The van der Waals surface area contributed by atoms with Gasteiger partial charge in [0.25, 0.3) is 0 Å². The van der Waals surface area contributed by atoms with Crippen molar-refractivity contribution in [2.24, 2.45) is 0 Å². The number of hydrogen-bond acceptors (Lipinski definition) is 3. The minimum absolute atomic E-state index is 0.0781. The molecule has 9 aromatic carbocycles. The molecule has 0 aliphatic carbocycles. The van der Waals surface area contributed by atoms with Gasteiger partial charge in [-0.3, -0.25) is 9.13 Å². The van der Waals surface area contributed by atoms with Crippen molar-refractivity contribution in [3.63, 3.8) is 0 Å². The molecule has 0 saturated heterocycles. The van der Waals surface area contributed by atoms with Crippen LogP contribution in [0.15, 0.2) is 236 Å². The van der Waals surface area contributed by atoms with E-state index in [1.54, 1.807) is 0 Å². The number of aromatic nitrogens is 5. The second kappa shape index (κ2) is 15.1. The first-order valence-electron chi connectivity index (χ1n) is 24.7. The molecule has 12 rings (SSSR count). The maximum Gasteiger partial charge on any atom is 0.240 e. The van der Waals surface area contributed by atoms with Gasteiger partial charge in [0.2, 0.25) is 11.9 Å². The number of benzene rings is 9. The third-order valence-electron chi connectivity index (χ3n) is 12.0. The Morgan fingerprint density at radius 3 is 1.14 bits per heavy atom. The summed E-state index contributed by atoms with van der Waals surface area (Å²) in [5.41, 5.74) is 2.53. The van der Waals surface area contributed by atoms with E-state index in [0.29, 0.717) is 0 Å². The van der Waals surface area contributed by atoms with Gasteiger partial charge in [0.15, 0.2) is 13.9 Å². The van der Waals surface area contributed by atoms with Crippen molar-refractivity contribution in [1.29, 1.82) is 0 Å². The van der Waals surface area contributed by atoms with Crippen molar-refractivity contribution in [2.75, 3.05) is 0 Å². The van der Waals surface area contributed by atoms with E-state index in [4.69, 9.17) is 19.1 Å².